The molecule has 0 radical (unpaired) electrons. The van der Waals surface area contributed by atoms with Gasteiger partial charge in [0.2, 0.25) is 0 Å². The largest absolute Gasteiger partial charge is 0.484 e. The molecule has 1 aliphatic heterocycles. The number of rotatable bonds is 3. The van der Waals surface area contributed by atoms with E-state index in [1.54, 1.807) is 4.90 Å². The molecule has 1 aromatic carbocycles. The number of amides is 1. The lowest BCUT2D eigenvalue weighted by molar-refractivity contribution is -0.134. The van der Waals surface area contributed by atoms with Gasteiger partial charge >= 0.3 is 0 Å². The van der Waals surface area contributed by atoms with Crippen LogP contribution in [0.1, 0.15) is 28.1 Å². The molecular weight excluding hydrogens is 280 g/mol. The molecule has 0 N–H and O–H groups in total. The highest BCUT2D eigenvalue weighted by Crippen LogP contribution is 2.22. The lowest BCUT2D eigenvalue weighted by Crippen LogP contribution is -2.38. The Labute approximate surface area is 129 Å². The van der Waals surface area contributed by atoms with Gasteiger partial charge in [-0.1, -0.05) is 11.2 Å². The highest BCUT2D eigenvalue weighted by atomic mass is 16.5. The summed E-state index contributed by atoms with van der Waals surface area (Å²) in [5.41, 5.74) is 4.43. The quantitative estimate of drug-likeness (QED) is 0.874. The first-order chi connectivity index (χ1) is 10.5. The van der Waals surface area contributed by atoms with Crippen LogP contribution in [0.3, 0.4) is 0 Å². The minimum atomic E-state index is -0.0297. The lowest BCUT2D eigenvalue weighted by Gasteiger charge is -2.25. The molecule has 0 saturated carbocycles. The molecule has 0 bridgehead atoms. The maximum Gasteiger partial charge on any atom is 0.260 e. The summed E-state index contributed by atoms with van der Waals surface area (Å²) in [7, 11) is 0. The van der Waals surface area contributed by atoms with Crippen molar-refractivity contribution < 1.29 is 14.1 Å². The first-order valence-electron chi connectivity index (χ1n) is 7.46. The van der Waals surface area contributed by atoms with Crippen molar-refractivity contribution in [1.82, 2.24) is 10.1 Å². The Balaban J connectivity index is 1.60. The van der Waals surface area contributed by atoms with Crippen molar-refractivity contribution >= 4 is 5.91 Å². The van der Waals surface area contributed by atoms with Crippen molar-refractivity contribution in [3.05, 3.63) is 46.3 Å². The molecule has 22 heavy (non-hydrogen) atoms. The summed E-state index contributed by atoms with van der Waals surface area (Å²) in [4.78, 5) is 14.0. The van der Waals surface area contributed by atoms with Crippen LogP contribution in [0.15, 0.2) is 22.7 Å². The summed E-state index contributed by atoms with van der Waals surface area (Å²) in [5.74, 6) is 1.49. The standard InChI is InChI=1S/C17H20N2O3/c1-11-4-5-14(8-12(11)2)21-10-17(20)19-7-6-15-13(3)18-22-16(15)9-19/h4-5,8H,6-7,9-10H2,1-3H3. The van der Waals surface area contributed by atoms with Gasteiger partial charge in [0.15, 0.2) is 12.4 Å². The molecule has 0 atom stereocenters. The van der Waals surface area contributed by atoms with Crippen molar-refractivity contribution in [1.29, 1.82) is 0 Å². The molecule has 0 aliphatic carbocycles. The van der Waals surface area contributed by atoms with E-state index < -0.39 is 0 Å². The van der Waals surface area contributed by atoms with Crippen molar-refractivity contribution in [3.63, 3.8) is 0 Å². The molecule has 1 amide bonds. The van der Waals surface area contributed by atoms with Gasteiger partial charge in [-0.2, -0.15) is 0 Å². The smallest absolute Gasteiger partial charge is 0.260 e. The van der Waals surface area contributed by atoms with Gasteiger partial charge in [-0.3, -0.25) is 4.79 Å². The van der Waals surface area contributed by atoms with Crippen LogP contribution < -0.4 is 4.74 Å². The molecule has 2 heterocycles. The number of fused-ring (bicyclic) bond motifs is 1. The van der Waals surface area contributed by atoms with Gasteiger partial charge in [-0.05, 0) is 50.5 Å². The number of hydrogen-bond acceptors (Lipinski definition) is 4. The average Bonchev–Trinajstić information content (AvgIpc) is 2.89. The second kappa shape index (κ2) is 5.83. The van der Waals surface area contributed by atoms with Crippen LogP contribution in [0.25, 0.3) is 0 Å². The van der Waals surface area contributed by atoms with E-state index in [-0.39, 0.29) is 12.5 Å². The zero-order valence-electron chi connectivity index (χ0n) is 13.2. The molecule has 2 aromatic rings. The summed E-state index contributed by atoms with van der Waals surface area (Å²) in [6.45, 7) is 7.22. The predicted octanol–water partition coefficient (Wildman–Crippen LogP) is 2.56. The summed E-state index contributed by atoms with van der Waals surface area (Å²) < 4.78 is 10.9. The minimum absolute atomic E-state index is 0.0297. The fourth-order valence-corrected chi connectivity index (χ4v) is 2.63. The van der Waals surface area contributed by atoms with Crippen LogP contribution in [-0.2, 0) is 17.8 Å². The molecule has 5 heteroatoms. The summed E-state index contributed by atoms with van der Waals surface area (Å²) >= 11 is 0. The van der Waals surface area contributed by atoms with Gasteiger partial charge < -0.3 is 14.2 Å². The van der Waals surface area contributed by atoms with Gasteiger partial charge in [0, 0.05) is 12.1 Å². The maximum absolute atomic E-state index is 12.3. The van der Waals surface area contributed by atoms with Crippen LogP contribution in [0.5, 0.6) is 5.75 Å². The number of hydrogen-bond donors (Lipinski definition) is 0. The fraction of sp³-hybridized carbons (Fsp3) is 0.412. The van der Waals surface area contributed by atoms with E-state index in [4.69, 9.17) is 9.26 Å². The first-order valence-corrected chi connectivity index (χ1v) is 7.46. The number of aromatic nitrogens is 1. The molecule has 1 aromatic heterocycles. The molecule has 0 fully saturated rings. The zero-order valence-corrected chi connectivity index (χ0v) is 13.2. The zero-order chi connectivity index (χ0) is 15.7. The molecule has 5 nitrogen and oxygen atoms in total. The number of nitrogens with zero attached hydrogens (tertiary/aromatic N) is 2. The third kappa shape index (κ3) is 2.84. The fourth-order valence-electron chi connectivity index (χ4n) is 2.63. The van der Waals surface area contributed by atoms with E-state index in [9.17, 15) is 4.79 Å². The number of benzene rings is 1. The van der Waals surface area contributed by atoms with Crippen molar-refractivity contribution in [3.8, 4) is 5.75 Å². The first kappa shape index (κ1) is 14.6. The van der Waals surface area contributed by atoms with Gasteiger partial charge in [0.25, 0.3) is 5.91 Å². The molecule has 0 spiro atoms. The Morgan fingerprint density at radius 3 is 2.91 bits per heavy atom. The van der Waals surface area contributed by atoms with E-state index in [1.807, 2.05) is 32.0 Å². The van der Waals surface area contributed by atoms with Gasteiger partial charge in [-0.15, -0.1) is 0 Å². The molecule has 1 aliphatic rings. The van der Waals surface area contributed by atoms with Crippen LogP contribution in [0, 0.1) is 20.8 Å². The molecule has 0 saturated heterocycles. The second-order valence-corrected chi connectivity index (χ2v) is 5.77. The Bertz CT molecular complexity index is 706. The van der Waals surface area contributed by atoms with E-state index in [0.29, 0.717) is 13.1 Å². The third-order valence-electron chi connectivity index (χ3n) is 4.23. The SMILES string of the molecule is Cc1ccc(OCC(=O)N2CCc3c(C)noc3C2)cc1C. The monoisotopic (exact) mass is 300 g/mol. The van der Waals surface area contributed by atoms with Gasteiger partial charge in [-0.25, -0.2) is 0 Å². The Hall–Kier alpha value is -2.30. The van der Waals surface area contributed by atoms with Crippen molar-refractivity contribution in [2.75, 3.05) is 13.2 Å². The average molecular weight is 300 g/mol. The van der Waals surface area contributed by atoms with Crippen LogP contribution in [0.2, 0.25) is 0 Å². The van der Waals surface area contributed by atoms with Crippen molar-refractivity contribution in [2.45, 2.75) is 33.7 Å². The summed E-state index contributed by atoms with van der Waals surface area (Å²) in [5, 5.41) is 3.96. The number of ether oxygens (including phenoxy) is 1. The number of carbonyl (C=O) groups is 1. The highest BCUT2D eigenvalue weighted by molar-refractivity contribution is 5.78. The maximum atomic E-state index is 12.3. The van der Waals surface area contributed by atoms with Crippen molar-refractivity contribution in [2.24, 2.45) is 0 Å². The van der Waals surface area contributed by atoms with E-state index in [0.717, 1.165) is 34.8 Å². The van der Waals surface area contributed by atoms with Gasteiger partial charge in [0.05, 0.1) is 12.2 Å². The summed E-state index contributed by atoms with van der Waals surface area (Å²) in [6.07, 6.45) is 0.792. The molecule has 0 unspecified atom stereocenters. The number of carbonyl (C=O) groups excluding carboxylic acids is 1. The second-order valence-electron chi connectivity index (χ2n) is 5.77. The minimum Gasteiger partial charge on any atom is -0.484 e. The topological polar surface area (TPSA) is 55.6 Å². The third-order valence-corrected chi connectivity index (χ3v) is 4.23. The lowest BCUT2D eigenvalue weighted by atomic mass is 10.1. The predicted molar refractivity (Wildman–Crippen MR) is 81.8 cm³/mol. The van der Waals surface area contributed by atoms with Crippen LogP contribution in [0.4, 0.5) is 0 Å². The van der Waals surface area contributed by atoms with E-state index in [1.165, 1.54) is 5.56 Å². The summed E-state index contributed by atoms with van der Waals surface area (Å²) in [6, 6.07) is 5.85. The van der Waals surface area contributed by atoms with Gasteiger partial charge in [0.1, 0.15) is 5.75 Å². The molecule has 116 valence electrons. The normalized spacial score (nSPS) is 13.9. The van der Waals surface area contributed by atoms with Crippen LogP contribution in [-0.4, -0.2) is 29.1 Å². The molecule has 3 rings (SSSR count). The number of aryl methyl sites for hydroxylation is 3. The molecular formula is C17H20N2O3. The van der Waals surface area contributed by atoms with Crippen LogP contribution >= 0.6 is 0 Å². The van der Waals surface area contributed by atoms with E-state index >= 15 is 0 Å². The highest BCUT2D eigenvalue weighted by Gasteiger charge is 2.25. The van der Waals surface area contributed by atoms with E-state index in [2.05, 4.69) is 12.1 Å². The Morgan fingerprint density at radius 2 is 2.14 bits per heavy atom. The Kier molecular flexibility index (Phi) is 3.88. The Morgan fingerprint density at radius 1 is 1.32 bits per heavy atom.